The van der Waals surface area contributed by atoms with E-state index in [1.54, 1.807) is 0 Å². The molecule has 1 N–H and O–H groups in total. The minimum Gasteiger partial charge on any atom is -0.335 e. The van der Waals surface area contributed by atoms with Gasteiger partial charge >= 0.3 is 0 Å². The van der Waals surface area contributed by atoms with Crippen LogP contribution in [0, 0.1) is 11.8 Å². The molecule has 2 aliphatic heterocycles. The van der Waals surface area contributed by atoms with Crippen LogP contribution in [-0.2, 0) is 4.79 Å². The number of nitrogens with one attached hydrogen (secondary N) is 1. The van der Waals surface area contributed by atoms with Gasteiger partial charge in [0.1, 0.15) is 0 Å². The molecule has 1 aromatic carbocycles. The van der Waals surface area contributed by atoms with Gasteiger partial charge in [-0.2, -0.15) is 0 Å². The summed E-state index contributed by atoms with van der Waals surface area (Å²) in [6, 6.07) is 8.67. The van der Waals surface area contributed by atoms with Crippen LogP contribution in [0.3, 0.4) is 0 Å². The Kier molecular flexibility index (Phi) is 4.13. The molecule has 1 amide bonds. The van der Waals surface area contributed by atoms with E-state index in [-0.39, 0.29) is 12.0 Å². The van der Waals surface area contributed by atoms with Crippen LogP contribution >= 0.6 is 15.9 Å². The number of amides is 1. The molecule has 2 heterocycles. The monoisotopic (exact) mass is 336 g/mol. The molecule has 1 aromatic rings. The second kappa shape index (κ2) is 5.86. The first kappa shape index (κ1) is 14.1. The molecular weight excluding hydrogens is 316 g/mol. The number of halogens is 1. The Morgan fingerprint density at radius 3 is 2.65 bits per heavy atom. The van der Waals surface area contributed by atoms with Crippen LogP contribution in [0.5, 0.6) is 0 Å². The smallest absolute Gasteiger partial charge is 0.226 e. The van der Waals surface area contributed by atoms with Crippen LogP contribution in [0.4, 0.5) is 0 Å². The number of hydrogen-bond acceptors (Lipinski definition) is 2. The number of benzene rings is 1. The average Bonchev–Trinajstić information content (AvgIpc) is 2.85. The lowest BCUT2D eigenvalue weighted by Gasteiger charge is -2.35. The fourth-order valence-corrected chi connectivity index (χ4v) is 3.45. The first-order valence-corrected chi connectivity index (χ1v) is 8.23. The molecule has 2 fully saturated rings. The first-order valence-electron chi connectivity index (χ1n) is 7.43. The van der Waals surface area contributed by atoms with Gasteiger partial charge in [0.2, 0.25) is 5.91 Å². The van der Waals surface area contributed by atoms with Gasteiger partial charge in [-0.15, -0.1) is 0 Å². The van der Waals surface area contributed by atoms with E-state index in [4.69, 9.17) is 0 Å². The minimum absolute atomic E-state index is 0.146. The summed E-state index contributed by atoms with van der Waals surface area (Å²) in [6.45, 7) is 4.97. The number of carbonyl (C=O) groups is 1. The van der Waals surface area contributed by atoms with Gasteiger partial charge in [-0.05, 0) is 49.5 Å². The van der Waals surface area contributed by atoms with Crippen molar-refractivity contribution in [2.45, 2.75) is 25.8 Å². The van der Waals surface area contributed by atoms with Crippen molar-refractivity contribution in [3.8, 4) is 0 Å². The van der Waals surface area contributed by atoms with Gasteiger partial charge in [-0.3, -0.25) is 4.79 Å². The number of nitrogens with zero attached hydrogens (tertiary/aromatic N) is 1. The Hall–Kier alpha value is -0.870. The maximum atomic E-state index is 12.7. The van der Waals surface area contributed by atoms with Gasteiger partial charge in [0.25, 0.3) is 0 Å². The molecule has 0 spiro atoms. The first-order chi connectivity index (χ1) is 9.66. The largest absolute Gasteiger partial charge is 0.335 e. The fraction of sp³-hybridized carbons (Fsp3) is 0.562. The second-order valence-electron chi connectivity index (χ2n) is 5.95. The van der Waals surface area contributed by atoms with Crippen LogP contribution in [0.15, 0.2) is 28.7 Å². The number of likely N-dealkylation sites (tertiary alicyclic amines) is 1. The number of rotatable bonds is 3. The van der Waals surface area contributed by atoms with Gasteiger partial charge < -0.3 is 10.2 Å². The predicted molar refractivity (Wildman–Crippen MR) is 83.4 cm³/mol. The Bertz CT molecular complexity index is 484. The van der Waals surface area contributed by atoms with Crippen molar-refractivity contribution in [3.05, 3.63) is 34.3 Å². The molecule has 2 atom stereocenters. The molecule has 108 valence electrons. The Labute approximate surface area is 128 Å². The molecule has 0 bridgehead atoms. The van der Waals surface area contributed by atoms with Crippen LogP contribution in [0.25, 0.3) is 0 Å². The van der Waals surface area contributed by atoms with Crippen molar-refractivity contribution in [1.29, 1.82) is 0 Å². The molecule has 2 unspecified atom stereocenters. The molecule has 3 rings (SSSR count). The molecule has 0 aliphatic carbocycles. The van der Waals surface area contributed by atoms with Crippen molar-refractivity contribution < 1.29 is 4.79 Å². The summed E-state index contributed by atoms with van der Waals surface area (Å²) < 4.78 is 1.09. The highest BCUT2D eigenvalue weighted by atomic mass is 79.9. The normalized spacial score (nSPS) is 24.5. The summed E-state index contributed by atoms with van der Waals surface area (Å²) in [6.07, 6.45) is 2.20. The molecule has 0 aromatic heterocycles. The van der Waals surface area contributed by atoms with Gasteiger partial charge in [0, 0.05) is 16.9 Å². The molecule has 4 heteroatoms. The fourth-order valence-electron chi connectivity index (χ4n) is 3.19. The lowest BCUT2D eigenvalue weighted by molar-refractivity contribution is -0.138. The van der Waals surface area contributed by atoms with E-state index in [9.17, 15) is 4.79 Å². The summed E-state index contributed by atoms with van der Waals surface area (Å²) in [7, 11) is 0. The van der Waals surface area contributed by atoms with Crippen LogP contribution in [0.2, 0.25) is 0 Å². The standard InChI is InChI=1S/C16H21BrN2O/c1-11(13-9-18-10-13)16(20)19-8-2-3-15(19)12-4-6-14(17)7-5-12/h4-7,11,13,15,18H,2-3,8-10H2,1H3. The van der Waals surface area contributed by atoms with E-state index in [0.29, 0.717) is 11.8 Å². The minimum atomic E-state index is 0.146. The van der Waals surface area contributed by atoms with Gasteiger partial charge in [-0.25, -0.2) is 0 Å². The third-order valence-electron chi connectivity index (χ3n) is 4.70. The zero-order valence-corrected chi connectivity index (χ0v) is 13.4. The van der Waals surface area contributed by atoms with Crippen LogP contribution < -0.4 is 5.32 Å². The third-order valence-corrected chi connectivity index (χ3v) is 5.23. The molecular formula is C16H21BrN2O. The van der Waals surface area contributed by atoms with Crippen LogP contribution in [-0.4, -0.2) is 30.4 Å². The quantitative estimate of drug-likeness (QED) is 0.920. The Balaban J connectivity index is 1.74. The SMILES string of the molecule is CC(C(=O)N1CCCC1c1ccc(Br)cc1)C1CNC1. The maximum Gasteiger partial charge on any atom is 0.226 e. The molecule has 0 saturated carbocycles. The zero-order valence-electron chi connectivity index (χ0n) is 11.8. The van der Waals surface area contributed by atoms with Crippen LogP contribution in [0.1, 0.15) is 31.4 Å². The average molecular weight is 337 g/mol. The van der Waals surface area contributed by atoms with Crippen molar-refractivity contribution in [3.63, 3.8) is 0 Å². The summed E-state index contributed by atoms with van der Waals surface area (Å²) in [5, 5.41) is 3.26. The van der Waals surface area contributed by atoms with Crippen molar-refractivity contribution in [2.24, 2.45) is 11.8 Å². The zero-order chi connectivity index (χ0) is 14.1. The predicted octanol–water partition coefficient (Wildman–Crippen LogP) is 2.97. The van der Waals surface area contributed by atoms with E-state index in [1.165, 1.54) is 5.56 Å². The van der Waals surface area contributed by atoms with Gasteiger partial charge in [-0.1, -0.05) is 35.0 Å². The number of carbonyl (C=O) groups excluding carboxylic acids is 1. The lowest BCUT2D eigenvalue weighted by Crippen LogP contribution is -2.50. The summed E-state index contributed by atoms with van der Waals surface area (Å²) >= 11 is 3.47. The topological polar surface area (TPSA) is 32.3 Å². The highest BCUT2D eigenvalue weighted by molar-refractivity contribution is 9.10. The van der Waals surface area contributed by atoms with E-state index in [1.807, 2.05) is 0 Å². The van der Waals surface area contributed by atoms with E-state index >= 15 is 0 Å². The summed E-state index contributed by atoms with van der Waals surface area (Å²) in [4.78, 5) is 14.8. The summed E-state index contributed by atoms with van der Waals surface area (Å²) in [5.74, 6) is 1.00. The Morgan fingerprint density at radius 1 is 1.35 bits per heavy atom. The highest BCUT2D eigenvalue weighted by Gasteiger charge is 2.36. The molecule has 2 saturated heterocycles. The van der Waals surface area contributed by atoms with E-state index < -0.39 is 0 Å². The Morgan fingerprint density at radius 2 is 2.05 bits per heavy atom. The van der Waals surface area contributed by atoms with Gasteiger partial charge in [0.15, 0.2) is 0 Å². The lowest BCUT2D eigenvalue weighted by atomic mass is 9.87. The second-order valence-corrected chi connectivity index (χ2v) is 6.86. The van der Waals surface area contributed by atoms with Gasteiger partial charge in [0.05, 0.1) is 6.04 Å². The molecule has 3 nitrogen and oxygen atoms in total. The van der Waals surface area contributed by atoms with Crippen molar-refractivity contribution in [1.82, 2.24) is 10.2 Å². The van der Waals surface area contributed by atoms with E-state index in [0.717, 1.165) is 36.9 Å². The molecule has 0 radical (unpaired) electrons. The number of hydrogen-bond donors (Lipinski definition) is 1. The molecule has 20 heavy (non-hydrogen) atoms. The van der Waals surface area contributed by atoms with Crippen molar-refractivity contribution >= 4 is 21.8 Å². The van der Waals surface area contributed by atoms with Crippen molar-refractivity contribution in [2.75, 3.05) is 19.6 Å². The summed E-state index contributed by atoms with van der Waals surface area (Å²) in [5.41, 5.74) is 1.26. The maximum absolute atomic E-state index is 12.7. The third kappa shape index (κ3) is 2.63. The highest BCUT2D eigenvalue weighted by Crippen LogP contribution is 2.34. The van der Waals surface area contributed by atoms with E-state index in [2.05, 4.69) is 57.3 Å². The molecule has 2 aliphatic rings.